The molecule has 0 saturated carbocycles. The van der Waals surface area contributed by atoms with Crippen molar-refractivity contribution < 1.29 is 13.2 Å². The van der Waals surface area contributed by atoms with Gasteiger partial charge in [0.05, 0.1) is 6.26 Å². The van der Waals surface area contributed by atoms with Crippen molar-refractivity contribution in [1.29, 1.82) is 0 Å². The molecule has 0 aliphatic carbocycles. The first kappa shape index (κ1) is 23.1. The predicted molar refractivity (Wildman–Crippen MR) is 107 cm³/mol. The minimum Gasteiger partial charge on any atom is -0.355 e. The number of carbonyl (C=O) groups excluding carboxylic acids is 1. The first-order chi connectivity index (χ1) is 10.8. The number of hydrogen-bond donors (Lipinski definition) is 2. The summed E-state index contributed by atoms with van der Waals surface area (Å²) in [4.78, 5) is 17.3. The number of carbonyl (C=O) groups is 1. The summed E-state index contributed by atoms with van der Waals surface area (Å²) in [5.74, 6) is 0.365. The van der Waals surface area contributed by atoms with Crippen LogP contribution < -0.4 is 10.6 Å². The van der Waals surface area contributed by atoms with E-state index in [4.69, 9.17) is 0 Å². The van der Waals surface area contributed by atoms with Gasteiger partial charge in [0.1, 0.15) is 6.54 Å². The molecule has 0 bridgehead atoms. The Labute approximate surface area is 161 Å². The molecule has 0 aromatic rings. The molecule has 1 aliphatic rings. The fourth-order valence-corrected chi connectivity index (χ4v) is 3.48. The number of guanidine groups is 1. The van der Waals surface area contributed by atoms with Crippen LogP contribution in [0.4, 0.5) is 0 Å². The van der Waals surface area contributed by atoms with Crippen molar-refractivity contribution in [1.82, 2.24) is 19.8 Å². The summed E-state index contributed by atoms with van der Waals surface area (Å²) >= 11 is 0. The molecule has 2 N–H and O–H groups in total. The van der Waals surface area contributed by atoms with Gasteiger partial charge in [-0.2, -0.15) is 4.31 Å². The van der Waals surface area contributed by atoms with Crippen molar-refractivity contribution in [2.75, 3.05) is 46.5 Å². The normalized spacial score (nSPS) is 18.6. The Kier molecular flexibility index (Phi) is 10.5. The fraction of sp³-hybridized carbons (Fsp3) is 0.714. The number of halogens is 1. The van der Waals surface area contributed by atoms with E-state index >= 15 is 0 Å². The van der Waals surface area contributed by atoms with Crippen LogP contribution in [0.3, 0.4) is 0 Å². The van der Waals surface area contributed by atoms with E-state index in [2.05, 4.69) is 22.2 Å². The van der Waals surface area contributed by atoms with Gasteiger partial charge in [-0.1, -0.05) is 6.08 Å². The fourth-order valence-electron chi connectivity index (χ4n) is 2.30. The Bertz CT molecular complexity index is 551. The van der Waals surface area contributed by atoms with Gasteiger partial charge in [-0.15, -0.1) is 30.6 Å². The maximum atomic E-state index is 11.7. The number of rotatable bonds is 7. The smallest absolute Gasteiger partial charge is 0.243 e. The van der Waals surface area contributed by atoms with Crippen LogP contribution in [0.5, 0.6) is 0 Å². The molecular weight excluding hydrogens is 445 g/mol. The maximum Gasteiger partial charge on any atom is 0.243 e. The summed E-state index contributed by atoms with van der Waals surface area (Å²) in [6.07, 6.45) is 4.58. The number of hydrogen-bond acceptors (Lipinski definition) is 4. The number of likely N-dealkylation sites (N-methyl/N-ethyl adjacent to an activating group) is 1. The van der Waals surface area contributed by atoms with Gasteiger partial charge >= 0.3 is 0 Å². The second-order valence-electron chi connectivity index (χ2n) is 5.67. The van der Waals surface area contributed by atoms with Crippen LogP contribution >= 0.6 is 24.0 Å². The lowest BCUT2D eigenvalue weighted by atomic mass is 10.2. The van der Waals surface area contributed by atoms with E-state index in [1.807, 2.05) is 0 Å². The molecule has 1 rings (SSSR count). The predicted octanol–water partition coefficient (Wildman–Crippen LogP) is -0.162. The molecule has 8 nitrogen and oxygen atoms in total. The second-order valence-corrected chi connectivity index (χ2v) is 7.61. The molecule has 1 aliphatic heterocycles. The number of aliphatic imine (C=N–C) groups is 1. The van der Waals surface area contributed by atoms with E-state index in [1.165, 1.54) is 15.5 Å². The van der Waals surface area contributed by atoms with E-state index in [0.29, 0.717) is 25.6 Å². The summed E-state index contributed by atoms with van der Waals surface area (Å²) in [5, 5.41) is 6.13. The van der Waals surface area contributed by atoms with Crippen LogP contribution in [-0.4, -0.2) is 82.1 Å². The van der Waals surface area contributed by atoms with Crippen LogP contribution in [-0.2, 0) is 14.8 Å². The highest BCUT2D eigenvalue weighted by molar-refractivity contribution is 14.0. The third kappa shape index (κ3) is 7.79. The van der Waals surface area contributed by atoms with Gasteiger partial charge in [0.25, 0.3) is 0 Å². The van der Waals surface area contributed by atoms with Crippen LogP contribution in [0.15, 0.2) is 17.6 Å². The molecule has 1 fully saturated rings. The first-order valence-corrected chi connectivity index (χ1v) is 9.40. The lowest BCUT2D eigenvalue weighted by molar-refractivity contribution is -0.127. The Morgan fingerprint density at radius 1 is 1.42 bits per heavy atom. The third-order valence-corrected chi connectivity index (χ3v) is 4.87. The van der Waals surface area contributed by atoms with Gasteiger partial charge in [-0.25, -0.2) is 13.4 Å². The van der Waals surface area contributed by atoms with Gasteiger partial charge in [0.2, 0.25) is 15.9 Å². The van der Waals surface area contributed by atoms with Gasteiger partial charge in [0, 0.05) is 39.8 Å². The zero-order valence-corrected chi connectivity index (χ0v) is 17.6. The van der Waals surface area contributed by atoms with E-state index < -0.39 is 10.0 Å². The van der Waals surface area contributed by atoms with Crippen LogP contribution in [0.25, 0.3) is 0 Å². The molecule has 0 aromatic carbocycles. The molecule has 140 valence electrons. The number of sulfonamides is 1. The molecule has 24 heavy (non-hydrogen) atoms. The molecule has 10 heteroatoms. The zero-order valence-electron chi connectivity index (χ0n) is 14.5. The lowest BCUT2D eigenvalue weighted by Gasteiger charge is -2.23. The summed E-state index contributed by atoms with van der Waals surface area (Å²) in [5.41, 5.74) is 0. The standard InChI is InChI=1S/C14H27N5O3S.HI/c1-5-8-15-14(17-11-13(20)18(2)3)16-10-12-7-6-9-19(12)23(4,21)22;/h5,12H,1,6-11H2,2-4H3,(H2,15,16,17);1H/t12-;/m1./s1. The molecule has 1 saturated heterocycles. The molecule has 1 amide bonds. The van der Waals surface area contributed by atoms with Crippen LogP contribution in [0.2, 0.25) is 0 Å². The van der Waals surface area contributed by atoms with Crippen molar-refractivity contribution in [2.24, 2.45) is 4.99 Å². The summed E-state index contributed by atoms with van der Waals surface area (Å²) in [6, 6.07) is -0.0923. The lowest BCUT2D eigenvalue weighted by Crippen LogP contribution is -2.46. The quantitative estimate of drug-likeness (QED) is 0.232. The molecule has 1 atom stereocenters. The summed E-state index contributed by atoms with van der Waals surface area (Å²) in [6.45, 7) is 5.16. The Hall–Kier alpha value is -0.880. The Morgan fingerprint density at radius 3 is 2.62 bits per heavy atom. The highest BCUT2D eigenvalue weighted by Gasteiger charge is 2.31. The molecule has 0 aromatic heterocycles. The Morgan fingerprint density at radius 2 is 2.08 bits per heavy atom. The molecule has 0 spiro atoms. The monoisotopic (exact) mass is 473 g/mol. The zero-order chi connectivity index (χ0) is 17.5. The molecule has 1 heterocycles. The number of amides is 1. The van der Waals surface area contributed by atoms with Crippen molar-refractivity contribution in [3.05, 3.63) is 12.7 Å². The summed E-state index contributed by atoms with van der Waals surface area (Å²) < 4.78 is 25.0. The molecule has 0 radical (unpaired) electrons. The SMILES string of the molecule is C=CCNC(=NCC(=O)N(C)C)NC[C@H]1CCCN1S(C)(=O)=O.I. The minimum atomic E-state index is -3.20. The van der Waals surface area contributed by atoms with E-state index in [-0.39, 0.29) is 42.5 Å². The minimum absolute atomic E-state index is 0. The highest BCUT2D eigenvalue weighted by Crippen LogP contribution is 2.19. The van der Waals surface area contributed by atoms with Gasteiger partial charge in [0.15, 0.2) is 5.96 Å². The number of nitrogens with zero attached hydrogens (tertiary/aromatic N) is 3. The van der Waals surface area contributed by atoms with E-state index in [9.17, 15) is 13.2 Å². The first-order valence-electron chi connectivity index (χ1n) is 7.55. The van der Waals surface area contributed by atoms with Crippen LogP contribution in [0.1, 0.15) is 12.8 Å². The third-order valence-electron chi connectivity index (χ3n) is 3.54. The highest BCUT2D eigenvalue weighted by atomic mass is 127. The van der Waals surface area contributed by atoms with E-state index in [0.717, 1.165) is 12.8 Å². The average molecular weight is 473 g/mol. The largest absolute Gasteiger partial charge is 0.355 e. The molecule has 0 unspecified atom stereocenters. The second kappa shape index (κ2) is 10.9. The Balaban J connectivity index is 0.00000529. The average Bonchev–Trinajstić information content (AvgIpc) is 2.94. The topological polar surface area (TPSA) is 94.1 Å². The molecular formula is C14H28IN5O3S. The summed E-state index contributed by atoms with van der Waals surface area (Å²) in [7, 11) is 0.145. The van der Waals surface area contributed by atoms with Gasteiger partial charge in [-0.05, 0) is 12.8 Å². The van der Waals surface area contributed by atoms with Crippen molar-refractivity contribution in [3.8, 4) is 0 Å². The van der Waals surface area contributed by atoms with Crippen molar-refractivity contribution in [3.63, 3.8) is 0 Å². The van der Waals surface area contributed by atoms with Gasteiger partial charge < -0.3 is 15.5 Å². The van der Waals surface area contributed by atoms with E-state index in [1.54, 1.807) is 20.2 Å². The van der Waals surface area contributed by atoms with Crippen LogP contribution in [0, 0.1) is 0 Å². The van der Waals surface area contributed by atoms with Crippen molar-refractivity contribution in [2.45, 2.75) is 18.9 Å². The van der Waals surface area contributed by atoms with Gasteiger partial charge in [-0.3, -0.25) is 4.79 Å². The number of nitrogens with one attached hydrogen (secondary N) is 2. The maximum absolute atomic E-state index is 11.7. The van der Waals surface area contributed by atoms with Crippen molar-refractivity contribution >= 4 is 45.9 Å².